The Bertz CT molecular complexity index is 667. The summed E-state index contributed by atoms with van der Waals surface area (Å²) in [6.07, 6.45) is -0.450. The normalized spacial score (nSPS) is 37.5. The highest BCUT2D eigenvalue weighted by molar-refractivity contribution is 5.98. The molecule has 0 aromatic heterocycles. The number of hydrogen-bond acceptors (Lipinski definition) is 7. The molecular weight excluding hydrogens is 352 g/mol. The number of esters is 2. The molecule has 7 heteroatoms. The van der Waals surface area contributed by atoms with Crippen molar-refractivity contribution < 1.29 is 34.1 Å². The number of rotatable bonds is 5. The van der Waals surface area contributed by atoms with Gasteiger partial charge in [-0.25, -0.2) is 4.79 Å². The molecule has 2 N–H and O–H groups in total. The zero-order chi connectivity index (χ0) is 20.5. The first-order valence-electron chi connectivity index (χ1n) is 9.27. The lowest BCUT2D eigenvalue weighted by molar-refractivity contribution is -0.200. The molecule has 2 aliphatic rings. The van der Waals surface area contributed by atoms with E-state index in [4.69, 9.17) is 9.47 Å². The topological polar surface area (TPSA) is 110 Å². The molecule has 2 fully saturated rings. The van der Waals surface area contributed by atoms with Crippen molar-refractivity contribution in [3.63, 3.8) is 0 Å². The van der Waals surface area contributed by atoms with Crippen molar-refractivity contribution in [1.29, 1.82) is 0 Å². The van der Waals surface area contributed by atoms with Gasteiger partial charge in [0.1, 0.15) is 6.10 Å². The van der Waals surface area contributed by atoms with Gasteiger partial charge in [0, 0.05) is 17.4 Å². The fourth-order valence-electron chi connectivity index (χ4n) is 3.66. The number of ketones is 1. The molecule has 1 aliphatic carbocycles. The van der Waals surface area contributed by atoms with Crippen LogP contribution in [0.25, 0.3) is 0 Å². The number of fused-ring (bicyclic) bond motifs is 1. The standard InChI is InChI=1S/C20H28O7/c1-6-8-15(22)20(25)12(5)14(21)9-13-11(4)19(24)26-16(13)17(20)27-18(23)10(3)7-2/h6,8,10,12-14,16-17,21,25H,4,7,9H2,1-3,5H3/b8-6-/t10?,12-,13+,14+,16+,17-,20+/m0/s1. The molecule has 0 aromatic carbocycles. The minimum atomic E-state index is -2.24. The van der Waals surface area contributed by atoms with Crippen molar-refractivity contribution in [3.8, 4) is 0 Å². The number of allylic oxidation sites excluding steroid dienone is 1. The van der Waals surface area contributed by atoms with Crippen molar-refractivity contribution >= 4 is 17.7 Å². The second-order valence-corrected chi connectivity index (χ2v) is 7.45. The van der Waals surface area contributed by atoms with Crippen LogP contribution < -0.4 is 0 Å². The Morgan fingerprint density at radius 3 is 2.67 bits per heavy atom. The molecule has 1 unspecified atom stereocenters. The predicted molar refractivity (Wildman–Crippen MR) is 96.4 cm³/mol. The van der Waals surface area contributed by atoms with Crippen LogP contribution in [0, 0.1) is 17.8 Å². The number of aliphatic hydroxyl groups excluding tert-OH is 1. The van der Waals surface area contributed by atoms with E-state index in [9.17, 15) is 24.6 Å². The molecule has 7 nitrogen and oxygen atoms in total. The van der Waals surface area contributed by atoms with Gasteiger partial charge in [-0.3, -0.25) is 9.59 Å². The fourth-order valence-corrected chi connectivity index (χ4v) is 3.66. The van der Waals surface area contributed by atoms with Crippen LogP contribution in [0.5, 0.6) is 0 Å². The van der Waals surface area contributed by atoms with Crippen molar-refractivity contribution in [2.24, 2.45) is 17.8 Å². The highest BCUT2D eigenvalue weighted by Crippen LogP contribution is 2.45. The lowest BCUT2D eigenvalue weighted by Crippen LogP contribution is -2.61. The van der Waals surface area contributed by atoms with Crippen molar-refractivity contribution in [3.05, 3.63) is 24.3 Å². The molecular formula is C20H28O7. The minimum absolute atomic E-state index is 0.0687. The van der Waals surface area contributed by atoms with Gasteiger partial charge >= 0.3 is 11.9 Å². The lowest BCUT2D eigenvalue weighted by atomic mass is 9.77. The second kappa shape index (κ2) is 7.94. The third-order valence-electron chi connectivity index (χ3n) is 5.82. The number of hydrogen-bond donors (Lipinski definition) is 2. The van der Waals surface area contributed by atoms with E-state index in [1.165, 1.54) is 19.1 Å². The van der Waals surface area contributed by atoms with E-state index in [2.05, 4.69) is 6.58 Å². The molecule has 1 saturated heterocycles. The van der Waals surface area contributed by atoms with E-state index in [-0.39, 0.29) is 12.0 Å². The van der Waals surface area contributed by atoms with E-state index < -0.39 is 59.4 Å². The van der Waals surface area contributed by atoms with Crippen molar-refractivity contribution in [2.45, 2.75) is 64.4 Å². The van der Waals surface area contributed by atoms with Gasteiger partial charge in [-0.15, -0.1) is 0 Å². The zero-order valence-electron chi connectivity index (χ0n) is 16.2. The summed E-state index contributed by atoms with van der Waals surface area (Å²) in [5.41, 5.74) is -2.10. The van der Waals surface area contributed by atoms with Gasteiger partial charge in [0.2, 0.25) is 0 Å². The van der Waals surface area contributed by atoms with Gasteiger partial charge in [0.15, 0.2) is 17.5 Å². The summed E-state index contributed by atoms with van der Waals surface area (Å²) < 4.78 is 10.9. The number of ether oxygens (including phenoxy) is 2. The van der Waals surface area contributed by atoms with Gasteiger partial charge in [0.05, 0.1) is 12.0 Å². The average molecular weight is 380 g/mol. The van der Waals surface area contributed by atoms with Crippen LogP contribution in [0.2, 0.25) is 0 Å². The smallest absolute Gasteiger partial charge is 0.334 e. The first-order valence-corrected chi connectivity index (χ1v) is 9.27. The second-order valence-electron chi connectivity index (χ2n) is 7.45. The summed E-state index contributed by atoms with van der Waals surface area (Å²) in [4.78, 5) is 37.3. The lowest BCUT2D eigenvalue weighted by Gasteiger charge is -2.39. The van der Waals surface area contributed by atoms with E-state index >= 15 is 0 Å². The SMILES string of the molecule is C=C1C(=O)O[C@@H]2[C@@H]1C[C@@H](O)[C@H](C)[C@@](O)(C(=O)/C=C\C)[C@H]2OC(=O)C(C)CC. The predicted octanol–water partition coefficient (Wildman–Crippen LogP) is 1.32. The minimum Gasteiger partial charge on any atom is -0.455 e. The molecule has 0 amide bonds. The van der Waals surface area contributed by atoms with Crippen LogP contribution in [0.15, 0.2) is 24.3 Å². The number of carbonyl (C=O) groups excluding carboxylic acids is 3. The molecule has 1 saturated carbocycles. The Labute approximate surface area is 159 Å². The van der Waals surface area contributed by atoms with Gasteiger partial charge in [-0.1, -0.05) is 33.4 Å². The number of aliphatic hydroxyl groups is 2. The van der Waals surface area contributed by atoms with E-state index in [0.717, 1.165) is 0 Å². The maximum atomic E-state index is 12.8. The van der Waals surface area contributed by atoms with E-state index in [1.54, 1.807) is 13.8 Å². The van der Waals surface area contributed by atoms with Crippen LogP contribution in [-0.4, -0.2) is 51.8 Å². The van der Waals surface area contributed by atoms with Gasteiger partial charge in [0.25, 0.3) is 0 Å². The molecule has 2 rings (SSSR count). The molecule has 0 spiro atoms. The van der Waals surface area contributed by atoms with Gasteiger partial charge in [-0.2, -0.15) is 0 Å². The van der Waals surface area contributed by atoms with E-state index in [1.807, 2.05) is 6.92 Å². The Hall–Kier alpha value is -1.99. The Morgan fingerprint density at radius 2 is 2.11 bits per heavy atom. The summed E-state index contributed by atoms with van der Waals surface area (Å²) >= 11 is 0. The highest BCUT2D eigenvalue weighted by atomic mass is 16.6. The molecule has 0 radical (unpaired) electrons. The summed E-state index contributed by atoms with van der Waals surface area (Å²) in [5, 5.41) is 22.0. The Kier molecular flexibility index (Phi) is 6.27. The first kappa shape index (κ1) is 21.3. The van der Waals surface area contributed by atoms with Gasteiger partial charge < -0.3 is 19.7 Å². The van der Waals surface area contributed by atoms with Crippen LogP contribution >= 0.6 is 0 Å². The van der Waals surface area contributed by atoms with Crippen LogP contribution in [0.4, 0.5) is 0 Å². The third-order valence-corrected chi connectivity index (χ3v) is 5.82. The average Bonchev–Trinajstić information content (AvgIpc) is 2.87. The Balaban J connectivity index is 2.58. The highest BCUT2D eigenvalue weighted by Gasteiger charge is 2.62. The van der Waals surface area contributed by atoms with Crippen LogP contribution in [-0.2, 0) is 23.9 Å². The first-order chi connectivity index (χ1) is 12.6. The maximum absolute atomic E-state index is 12.8. The Morgan fingerprint density at radius 1 is 1.48 bits per heavy atom. The largest absolute Gasteiger partial charge is 0.455 e. The van der Waals surface area contributed by atoms with Crippen molar-refractivity contribution in [2.75, 3.05) is 0 Å². The summed E-state index contributed by atoms with van der Waals surface area (Å²) in [6.45, 7) is 10.3. The molecule has 7 atom stereocenters. The molecule has 1 aliphatic heterocycles. The molecule has 27 heavy (non-hydrogen) atoms. The molecule has 1 heterocycles. The van der Waals surface area contributed by atoms with Gasteiger partial charge in [-0.05, 0) is 25.8 Å². The zero-order valence-corrected chi connectivity index (χ0v) is 16.2. The molecule has 0 aromatic rings. The van der Waals surface area contributed by atoms with E-state index in [0.29, 0.717) is 6.42 Å². The van der Waals surface area contributed by atoms with Crippen LogP contribution in [0.3, 0.4) is 0 Å². The molecule has 150 valence electrons. The van der Waals surface area contributed by atoms with Crippen LogP contribution in [0.1, 0.15) is 40.5 Å². The summed E-state index contributed by atoms with van der Waals surface area (Å²) in [5.74, 6) is -4.08. The maximum Gasteiger partial charge on any atom is 0.334 e. The monoisotopic (exact) mass is 380 g/mol. The summed E-state index contributed by atoms with van der Waals surface area (Å²) in [6, 6.07) is 0. The third kappa shape index (κ3) is 3.58. The fraction of sp³-hybridized carbons (Fsp3) is 0.650. The number of carbonyl (C=O) groups is 3. The summed E-state index contributed by atoms with van der Waals surface area (Å²) in [7, 11) is 0. The quantitative estimate of drug-likeness (QED) is 0.547. The van der Waals surface area contributed by atoms with Crippen molar-refractivity contribution in [1.82, 2.24) is 0 Å². The molecule has 0 bridgehead atoms.